The van der Waals surface area contributed by atoms with Gasteiger partial charge in [-0.2, -0.15) is 18.8 Å². The van der Waals surface area contributed by atoms with Gasteiger partial charge in [0.05, 0.1) is 0 Å². The van der Waals surface area contributed by atoms with Crippen molar-refractivity contribution >= 4 is 0 Å². The second kappa shape index (κ2) is 2.72. The molecule has 0 spiro atoms. The molecule has 0 aliphatic heterocycles. The molecule has 1 aliphatic rings. The van der Waals surface area contributed by atoms with Crippen molar-refractivity contribution in [2.45, 2.75) is 40.0 Å². The van der Waals surface area contributed by atoms with Crippen LogP contribution in [0, 0.1) is 17.8 Å². The number of hydrogen-bond donors (Lipinski definition) is 0. The molecular formula is C9H17-. The van der Waals surface area contributed by atoms with Gasteiger partial charge in [-0.15, -0.1) is 0 Å². The standard InChI is InChI=1S/C9H17/c1-7-5-4-6-8(2)9(7)3/h7-8H,4-6H2,1-3H3/q-1. The predicted molar refractivity (Wildman–Crippen MR) is 41.1 cm³/mol. The SMILES string of the molecule is C[C-]1C(C)CCCC1C. The molecule has 1 fully saturated rings. The van der Waals surface area contributed by atoms with Crippen LogP contribution in [0.15, 0.2) is 0 Å². The predicted octanol–water partition coefficient (Wildman–Crippen LogP) is 3.04. The Balaban J connectivity index is 2.41. The van der Waals surface area contributed by atoms with Gasteiger partial charge in [0.25, 0.3) is 0 Å². The Labute approximate surface area is 58.7 Å². The van der Waals surface area contributed by atoms with Gasteiger partial charge in [-0.25, -0.2) is 0 Å². The average Bonchev–Trinajstić information content (AvgIpc) is 1.83. The van der Waals surface area contributed by atoms with Crippen molar-refractivity contribution in [1.29, 1.82) is 0 Å². The first-order valence-electron chi connectivity index (χ1n) is 4.05. The lowest BCUT2D eigenvalue weighted by Crippen LogP contribution is -2.19. The molecule has 0 aromatic rings. The monoisotopic (exact) mass is 125 g/mol. The molecule has 0 bridgehead atoms. The maximum Gasteiger partial charge on any atom is -0.0577 e. The van der Waals surface area contributed by atoms with Gasteiger partial charge in [0, 0.05) is 0 Å². The minimum atomic E-state index is 0.897. The quantitative estimate of drug-likeness (QED) is 0.436. The van der Waals surface area contributed by atoms with Crippen molar-refractivity contribution in [2.24, 2.45) is 11.8 Å². The molecule has 0 aromatic heterocycles. The fraction of sp³-hybridized carbons (Fsp3) is 0.889. The first-order chi connectivity index (χ1) is 4.22. The summed E-state index contributed by atoms with van der Waals surface area (Å²) in [5, 5.41) is 0. The molecule has 1 rings (SSSR count). The molecule has 2 atom stereocenters. The zero-order valence-corrected chi connectivity index (χ0v) is 6.78. The van der Waals surface area contributed by atoms with E-state index in [4.69, 9.17) is 0 Å². The number of hydrogen-bond acceptors (Lipinski definition) is 0. The third-order valence-corrected chi connectivity index (χ3v) is 2.83. The highest BCUT2D eigenvalue weighted by molar-refractivity contribution is 4.97. The molecule has 0 saturated heterocycles. The minimum Gasteiger partial charge on any atom is -0.311 e. The second-order valence-corrected chi connectivity index (χ2v) is 3.48. The lowest BCUT2D eigenvalue weighted by molar-refractivity contribution is 0.343. The van der Waals surface area contributed by atoms with E-state index < -0.39 is 0 Å². The Hall–Kier alpha value is 0. The molecule has 0 nitrogen and oxygen atoms in total. The summed E-state index contributed by atoms with van der Waals surface area (Å²) in [5.74, 6) is 3.52. The molecule has 0 radical (unpaired) electrons. The molecule has 0 aromatic carbocycles. The fourth-order valence-corrected chi connectivity index (χ4v) is 1.67. The maximum atomic E-state index is 2.35. The van der Waals surface area contributed by atoms with E-state index in [0.717, 1.165) is 11.8 Å². The summed E-state index contributed by atoms with van der Waals surface area (Å²) in [6.07, 6.45) is 4.30. The molecule has 0 N–H and O–H groups in total. The summed E-state index contributed by atoms with van der Waals surface area (Å²) in [6, 6.07) is 0. The van der Waals surface area contributed by atoms with E-state index in [-0.39, 0.29) is 0 Å². The van der Waals surface area contributed by atoms with E-state index in [9.17, 15) is 0 Å². The molecule has 9 heavy (non-hydrogen) atoms. The van der Waals surface area contributed by atoms with Crippen LogP contribution in [0.5, 0.6) is 0 Å². The van der Waals surface area contributed by atoms with Gasteiger partial charge >= 0.3 is 0 Å². The normalized spacial score (nSPS) is 39.0. The van der Waals surface area contributed by atoms with Gasteiger partial charge in [0.2, 0.25) is 0 Å². The summed E-state index contributed by atoms with van der Waals surface area (Å²) >= 11 is 0. The smallest absolute Gasteiger partial charge is 0.0577 e. The van der Waals surface area contributed by atoms with Crippen LogP contribution in [0.1, 0.15) is 40.0 Å². The molecule has 2 unspecified atom stereocenters. The van der Waals surface area contributed by atoms with Crippen LogP contribution >= 0.6 is 0 Å². The van der Waals surface area contributed by atoms with Crippen molar-refractivity contribution in [2.75, 3.05) is 0 Å². The molecule has 1 aliphatic carbocycles. The zero-order valence-electron chi connectivity index (χ0n) is 6.78. The van der Waals surface area contributed by atoms with Crippen LogP contribution in [0.4, 0.5) is 0 Å². The lowest BCUT2D eigenvalue weighted by Gasteiger charge is -2.44. The van der Waals surface area contributed by atoms with E-state index in [0.29, 0.717) is 0 Å². The van der Waals surface area contributed by atoms with Crippen LogP contribution in [-0.4, -0.2) is 0 Å². The summed E-state index contributed by atoms with van der Waals surface area (Å²) < 4.78 is 0. The average molecular weight is 125 g/mol. The van der Waals surface area contributed by atoms with E-state index in [1.807, 2.05) is 0 Å². The highest BCUT2D eigenvalue weighted by Gasteiger charge is 2.11. The Morgan fingerprint density at radius 3 is 1.89 bits per heavy atom. The van der Waals surface area contributed by atoms with Crippen molar-refractivity contribution in [3.63, 3.8) is 0 Å². The van der Waals surface area contributed by atoms with Crippen LogP contribution in [0.25, 0.3) is 0 Å². The Kier molecular flexibility index (Phi) is 2.15. The largest absolute Gasteiger partial charge is 0.311 e. The van der Waals surface area contributed by atoms with Gasteiger partial charge < -0.3 is 5.92 Å². The van der Waals surface area contributed by atoms with Gasteiger partial charge in [0.1, 0.15) is 0 Å². The molecule has 0 heterocycles. The summed E-state index contributed by atoms with van der Waals surface area (Å²) in [7, 11) is 0. The first-order valence-corrected chi connectivity index (χ1v) is 4.05. The van der Waals surface area contributed by atoms with Gasteiger partial charge in [-0.05, 0) is 0 Å². The Bertz CT molecular complexity index is 76.0. The van der Waals surface area contributed by atoms with Crippen LogP contribution in [0.3, 0.4) is 0 Å². The van der Waals surface area contributed by atoms with Crippen molar-refractivity contribution < 1.29 is 0 Å². The maximum absolute atomic E-state index is 2.35. The van der Waals surface area contributed by atoms with Crippen molar-refractivity contribution in [3.8, 4) is 0 Å². The van der Waals surface area contributed by atoms with Crippen LogP contribution in [0.2, 0.25) is 0 Å². The molecule has 0 heteroatoms. The molecule has 54 valence electrons. The zero-order chi connectivity index (χ0) is 6.85. The van der Waals surface area contributed by atoms with E-state index in [2.05, 4.69) is 20.8 Å². The van der Waals surface area contributed by atoms with E-state index in [1.54, 1.807) is 5.92 Å². The van der Waals surface area contributed by atoms with E-state index in [1.165, 1.54) is 19.3 Å². The number of rotatable bonds is 0. The van der Waals surface area contributed by atoms with Crippen molar-refractivity contribution in [3.05, 3.63) is 5.92 Å². The van der Waals surface area contributed by atoms with Gasteiger partial charge in [-0.3, -0.25) is 0 Å². The first kappa shape index (κ1) is 7.11. The molecular weight excluding hydrogens is 108 g/mol. The van der Waals surface area contributed by atoms with Crippen molar-refractivity contribution in [1.82, 2.24) is 0 Å². The minimum absolute atomic E-state index is 0.897. The van der Waals surface area contributed by atoms with Gasteiger partial charge in [-0.1, -0.05) is 33.1 Å². The molecule has 0 amide bonds. The fourth-order valence-electron chi connectivity index (χ4n) is 1.67. The Morgan fingerprint density at radius 1 is 1.11 bits per heavy atom. The Morgan fingerprint density at radius 2 is 1.56 bits per heavy atom. The summed E-state index contributed by atoms with van der Waals surface area (Å²) in [5.41, 5.74) is 0. The third-order valence-electron chi connectivity index (χ3n) is 2.83. The lowest BCUT2D eigenvalue weighted by atomic mass is 9.75. The summed E-state index contributed by atoms with van der Waals surface area (Å²) in [6.45, 7) is 7.02. The highest BCUT2D eigenvalue weighted by atomic mass is 14.3. The topological polar surface area (TPSA) is 0 Å². The van der Waals surface area contributed by atoms with Crippen LogP contribution < -0.4 is 0 Å². The third kappa shape index (κ3) is 1.47. The van der Waals surface area contributed by atoms with Gasteiger partial charge in [0.15, 0.2) is 0 Å². The van der Waals surface area contributed by atoms with E-state index >= 15 is 0 Å². The van der Waals surface area contributed by atoms with Crippen LogP contribution in [-0.2, 0) is 0 Å². The second-order valence-electron chi connectivity index (χ2n) is 3.48. The summed E-state index contributed by atoms with van der Waals surface area (Å²) in [4.78, 5) is 0. The highest BCUT2D eigenvalue weighted by Crippen LogP contribution is 2.35. The molecule has 1 saturated carbocycles.